The SMILES string of the molecule is O=C1OCC(O)=C1SCc1ccccc1. The van der Waals surface area contributed by atoms with Gasteiger partial charge >= 0.3 is 5.97 Å². The van der Waals surface area contributed by atoms with Gasteiger partial charge in [0.05, 0.1) is 0 Å². The number of aliphatic hydroxyl groups is 1. The largest absolute Gasteiger partial charge is 0.507 e. The number of rotatable bonds is 3. The van der Waals surface area contributed by atoms with Gasteiger partial charge in [-0.25, -0.2) is 4.79 Å². The molecule has 2 rings (SSSR count). The van der Waals surface area contributed by atoms with Crippen molar-refractivity contribution in [3.63, 3.8) is 0 Å². The molecule has 15 heavy (non-hydrogen) atoms. The Hall–Kier alpha value is -1.42. The van der Waals surface area contributed by atoms with Gasteiger partial charge in [-0.3, -0.25) is 0 Å². The molecule has 0 spiro atoms. The smallest absolute Gasteiger partial charge is 0.348 e. The van der Waals surface area contributed by atoms with Crippen LogP contribution in [0, 0.1) is 0 Å². The van der Waals surface area contributed by atoms with Crippen molar-refractivity contribution in [2.45, 2.75) is 5.75 Å². The maximum Gasteiger partial charge on any atom is 0.348 e. The van der Waals surface area contributed by atoms with Crippen LogP contribution >= 0.6 is 11.8 Å². The number of hydrogen-bond acceptors (Lipinski definition) is 4. The first-order valence-corrected chi connectivity index (χ1v) is 5.52. The van der Waals surface area contributed by atoms with Gasteiger partial charge in [-0.1, -0.05) is 30.3 Å². The topological polar surface area (TPSA) is 46.5 Å². The van der Waals surface area contributed by atoms with Crippen LogP contribution in [0.1, 0.15) is 5.56 Å². The predicted molar refractivity (Wildman–Crippen MR) is 58.4 cm³/mol. The van der Waals surface area contributed by atoms with Crippen LogP contribution in [0.2, 0.25) is 0 Å². The maximum absolute atomic E-state index is 11.1. The fourth-order valence-corrected chi connectivity index (χ4v) is 2.16. The molecule has 0 unspecified atom stereocenters. The molecule has 0 radical (unpaired) electrons. The molecule has 0 amide bonds. The van der Waals surface area contributed by atoms with Crippen molar-refractivity contribution < 1.29 is 14.6 Å². The lowest BCUT2D eigenvalue weighted by molar-refractivity contribution is -0.135. The Balaban J connectivity index is 2.00. The highest BCUT2D eigenvalue weighted by molar-refractivity contribution is 8.03. The molecule has 0 saturated heterocycles. The van der Waals surface area contributed by atoms with E-state index in [1.54, 1.807) is 0 Å². The van der Waals surface area contributed by atoms with Crippen molar-refractivity contribution in [2.75, 3.05) is 6.61 Å². The number of esters is 1. The summed E-state index contributed by atoms with van der Waals surface area (Å²) in [6.07, 6.45) is 0. The molecule has 0 atom stereocenters. The maximum atomic E-state index is 11.1. The van der Waals surface area contributed by atoms with Crippen LogP contribution in [0.25, 0.3) is 0 Å². The summed E-state index contributed by atoms with van der Waals surface area (Å²) in [6, 6.07) is 9.78. The lowest BCUT2D eigenvalue weighted by Crippen LogP contribution is -1.96. The summed E-state index contributed by atoms with van der Waals surface area (Å²) < 4.78 is 4.68. The summed E-state index contributed by atoms with van der Waals surface area (Å²) in [7, 11) is 0. The lowest BCUT2D eigenvalue weighted by atomic mass is 10.2. The monoisotopic (exact) mass is 222 g/mol. The molecular weight excluding hydrogens is 212 g/mol. The Kier molecular flexibility index (Phi) is 2.97. The average Bonchev–Trinajstić information content (AvgIpc) is 2.58. The minimum absolute atomic E-state index is 0.00988. The van der Waals surface area contributed by atoms with E-state index in [0.717, 1.165) is 5.56 Å². The zero-order valence-electron chi connectivity index (χ0n) is 7.97. The molecule has 1 aliphatic heterocycles. The van der Waals surface area contributed by atoms with Crippen LogP contribution < -0.4 is 0 Å². The molecular formula is C11H10O3S. The molecule has 78 valence electrons. The molecule has 0 bridgehead atoms. The molecule has 3 nitrogen and oxygen atoms in total. The summed E-state index contributed by atoms with van der Waals surface area (Å²) in [5.74, 6) is 0.282. The second-order valence-corrected chi connectivity index (χ2v) is 4.11. The minimum atomic E-state index is -0.423. The summed E-state index contributed by atoms with van der Waals surface area (Å²) in [6.45, 7) is 0.00988. The second-order valence-electron chi connectivity index (χ2n) is 3.13. The van der Waals surface area contributed by atoms with Crippen molar-refractivity contribution in [2.24, 2.45) is 0 Å². The number of hydrogen-bond donors (Lipinski definition) is 1. The molecule has 0 aliphatic carbocycles. The Bertz CT molecular complexity index is 398. The van der Waals surface area contributed by atoms with E-state index in [2.05, 4.69) is 4.74 Å². The van der Waals surface area contributed by atoms with Gasteiger partial charge < -0.3 is 9.84 Å². The molecule has 4 heteroatoms. The normalized spacial score (nSPS) is 15.6. The van der Waals surface area contributed by atoms with Gasteiger partial charge in [0.15, 0.2) is 5.76 Å². The summed E-state index contributed by atoms with van der Waals surface area (Å²) in [5, 5.41) is 9.35. The molecule has 1 heterocycles. The number of carbonyl (C=O) groups excluding carboxylic acids is 1. The van der Waals surface area contributed by atoms with Crippen LogP contribution in [0.3, 0.4) is 0 Å². The van der Waals surface area contributed by atoms with E-state index in [1.165, 1.54) is 11.8 Å². The van der Waals surface area contributed by atoms with E-state index in [4.69, 9.17) is 0 Å². The second kappa shape index (κ2) is 4.40. The Morgan fingerprint density at radius 1 is 1.33 bits per heavy atom. The van der Waals surface area contributed by atoms with E-state index in [1.807, 2.05) is 30.3 Å². The Labute approximate surface area is 91.8 Å². The summed E-state index contributed by atoms with van der Waals surface area (Å²) >= 11 is 1.31. The third-order valence-electron chi connectivity index (χ3n) is 2.01. The zero-order valence-corrected chi connectivity index (χ0v) is 8.79. The standard InChI is InChI=1S/C11H10O3S/c12-9-6-14-11(13)10(9)15-7-8-4-2-1-3-5-8/h1-5,12H,6-7H2. The van der Waals surface area contributed by atoms with Crippen molar-refractivity contribution in [1.29, 1.82) is 0 Å². The number of benzene rings is 1. The highest BCUT2D eigenvalue weighted by atomic mass is 32.2. The third-order valence-corrected chi connectivity index (χ3v) is 3.18. The van der Waals surface area contributed by atoms with E-state index in [-0.39, 0.29) is 12.4 Å². The quantitative estimate of drug-likeness (QED) is 0.797. The van der Waals surface area contributed by atoms with Crippen LogP contribution in [0.15, 0.2) is 41.0 Å². The Morgan fingerprint density at radius 3 is 2.67 bits per heavy atom. The van der Waals surface area contributed by atoms with Crippen molar-refractivity contribution in [3.8, 4) is 0 Å². The third kappa shape index (κ3) is 2.33. The fraction of sp³-hybridized carbons (Fsp3) is 0.182. The molecule has 1 N–H and O–H groups in total. The molecule has 1 aliphatic rings. The molecule has 0 saturated carbocycles. The number of ether oxygens (including phenoxy) is 1. The van der Waals surface area contributed by atoms with Gasteiger partial charge in [-0.15, -0.1) is 11.8 Å². The van der Waals surface area contributed by atoms with Gasteiger partial charge in [0.25, 0.3) is 0 Å². The van der Waals surface area contributed by atoms with Crippen LogP contribution in [-0.2, 0) is 15.3 Å². The summed E-state index contributed by atoms with van der Waals surface area (Å²) in [4.78, 5) is 11.5. The molecule has 0 aromatic heterocycles. The lowest BCUT2D eigenvalue weighted by Gasteiger charge is -2.00. The molecule has 0 fully saturated rings. The first-order valence-electron chi connectivity index (χ1n) is 4.53. The Morgan fingerprint density at radius 2 is 2.07 bits per heavy atom. The van der Waals surface area contributed by atoms with Crippen LogP contribution in [0.5, 0.6) is 0 Å². The van der Waals surface area contributed by atoms with Crippen LogP contribution in [0.4, 0.5) is 0 Å². The van der Waals surface area contributed by atoms with E-state index in [9.17, 15) is 9.90 Å². The first kappa shape index (κ1) is 10.1. The van der Waals surface area contributed by atoms with Gasteiger partial charge in [0.2, 0.25) is 0 Å². The highest BCUT2D eigenvalue weighted by Crippen LogP contribution is 2.28. The highest BCUT2D eigenvalue weighted by Gasteiger charge is 2.24. The van der Waals surface area contributed by atoms with E-state index in [0.29, 0.717) is 10.7 Å². The van der Waals surface area contributed by atoms with Gasteiger partial charge in [0, 0.05) is 5.75 Å². The number of thioether (sulfide) groups is 1. The van der Waals surface area contributed by atoms with Gasteiger partial charge in [0.1, 0.15) is 11.5 Å². The molecule has 1 aromatic rings. The fourth-order valence-electron chi connectivity index (χ4n) is 1.25. The van der Waals surface area contributed by atoms with Gasteiger partial charge in [-0.05, 0) is 5.56 Å². The summed E-state index contributed by atoms with van der Waals surface area (Å²) in [5.41, 5.74) is 1.11. The van der Waals surface area contributed by atoms with Crippen molar-refractivity contribution in [1.82, 2.24) is 0 Å². The zero-order chi connectivity index (χ0) is 10.7. The van der Waals surface area contributed by atoms with Crippen molar-refractivity contribution >= 4 is 17.7 Å². The molecule has 1 aromatic carbocycles. The van der Waals surface area contributed by atoms with E-state index >= 15 is 0 Å². The number of carbonyl (C=O) groups is 1. The van der Waals surface area contributed by atoms with Gasteiger partial charge in [-0.2, -0.15) is 0 Å². The van der Waals surface area contributed by atoms with Crippen LogP contribution in [-0.4, -0.2) is 17.7 Å². The number of aliphatic hydroxyl groups excluding tert-OH is 1. The minimum Gasteiger partial charge on any atom is -0.507 e. The number of cyclic esters (lactones) is 1. The average molecular weight is 222 g/mol. The van der Waals surface area contributed by atoms with E-state index < -0.39 is 5.97 Å². The first-order chi connectivity index (χ1) is 7.27. The predicted octanol–water partition coefficient (Wildman–Crippen LogP) is 2.25. The van der Waals surface area contributed by atoms with Crippen molar-refractivity contribution in [3.05, 3.63) is 46.6 Å².